The minimum atomic E-state index is -1.61. The Hall–Kier alpha value is -3.08. The van der Waals surface area contributed by atoms with Crippen LogP contribution in [0.1, 0.15) is 64.4 Å². The number of carboxylic acid groups (broad SMARTS) is 1. The number of amides is 1. The molecule has 0 saturated heterocycles. The molecule has 1 amide bonds. The lowest BCUT2D eigenvalue weighted by Crippen LogP contribution is -2.62. The smallest absolute Gasteiger partial charge is 0.326 e. The number of nitrogens with one attached hydrogen (secondary N) is 1. The highest BCUT2D eigenvalue weighted by atomic mass is 16.6. The highest BCUT2D eigenvalue weighted by Gasteiger charge is 2.68. The van der Waals surface area contributed by atoms with Crippen LogP contribution in [0.3, 0.4) is 0 Å². The monoisotopic (exact) mass is 582 g/mol. The van der Waals surface area contributed by atoms with E-state index in [-0.39, 0.29) is 29.6 Å². The van der Waals surface area contributed by atoms with Crippen LogP contribution in [0.5, 0.6) is 0 Å². The molecule has 0 radical (unpaired) electrons. The van der Waals surface area contributed by atoms with E-state index in [1.54, 1.807) is 12.1 Å². The maximum absolute atomic E-state index is 12.6. The van der Waals surface area contributed by atoms with Crippen molar-refractivity contribution in [3.8, 4) is 0 Å². The summed E-state index contributed by atoms with van der Waals surface area (Å²) in [6, 6.07) is 7.99. The van der Waals surface area contributed by atoms with Crippen molar-refractivity contribution in [1.82, 2.24) is 5.32 Å². The number of fused-ring (bicyclic) bond motifs is 5. The highest BCUT2D eigenvalue weighted by Crippen LogP contribution is 2.67. The molecule has 10 heteroatoms. The molecule has 5 N–H and O–H groups in total. The van der Waals surface area contributed by atoms with Crippen molar-refractivity contribution in [3.05, 3.63) is 47.5 Å². The number of oxime groups is 1. The fourth-order valence-electron chi connectivity index (χ4n) is 8.82. The summed E-state index contributed by atoms with van der Waals surface area (Å²) in [6.07, 6.45) is 5.74. The summed E-state index contributed by atoms with van der Waals surface area (Å²) in [7, 11) is 0. The van der Waals surface area contributed by atoms with E-state index in [0.717, 1.165) is 24.8 Å². The molecule has 0 spiro atoms. The van der Waals surface area contributed by atoms with Gasteiger partial charge in [-0.3, -0.25) is 9.59 Å². The normalized spacial score (nSPS) is 37.1. The molecule has 8 atom stereocenters. The summed E-state index contributed by atoms with van der Waals surface area (Å²) in [5.41, 5.74) is 0.0184. The largest absolute Gasteiger partial charge is 0.480 e. The summed E-state index contributed by atoms with van der Waals surface area (Å²) < 4.78 is 0. The predicted octanol–water partition coefficient (Wildman–Crippen LogP) is 2.40. The number of carbonyl (C=O) groups excluding carboxylic acids is 2. The topological polar surface area (TPSA) is 166 Å². The zero-order valence-corrected chi connectivity index (χ0v) is 24.3. The Morgan fingerprint density at radius 2 is 1.86 bits per heavy atom. The van der Waals surface area contributed by atoms with Gasteiger partial charge in [0.05, 0.1) is 11.8 Å². The van der Waals surface area contributed by atoms with Gasteiger partial charge in [-0.2, -0.15) is 0 Å². The molecule has 0 bridgehead atoms. The van der Waals surface area contributed by atoms with Gasteiger partial charge in [0.2, 0.25) is 0 Å². The Morgan fingerprint density at radius 3 is 2.55 bits per heavy atom. The van der Waals surface area contributed by atoms with E-state index < -0.39 is 54.0 Å². The van der Waals surface area contributed by atoms with Crippen LogP contribution in [-0.2, 0) is 25.6 Å². The highest BCUT2D eigenvalue weighted by molar-refractivity contribution is 5.96. The average Bonchev–Trinajstić information content (AvgIpc) is 3.23. The minimum absolute atomic E-state index is 0.0204. The van der Waals surface area contributed by atoms with Crippen molar-refractivity contribution in [1.29, 1.82) is 0 Å². The molecule has 3 fully saturated rings. The third-order valence-electron chi connectivity index (χ3n) is 11.0. The molecule has 0 aliphatic heterocycles. The molecule has 0 aromatic heterocycles. The minimum Gasteiger partial charge on any atom is -0.480 e. The van der Waals surface area contributed by atoms with Crippen LogP contribution >= 0.6 is 0 Å². The van der Waals surface area contributed by atoms with Gasteiger partial charge in [-0.25, -0.2) is 4.79 Å². The SMILES string of the molecule is C[C@]12CCC(=NOCC(=O)N[C@@H](Cc3ccccc3)C(=O)O)C=C1CC[C@H]1[C@H]2[C@@H](O)C[C@@]2(C)[C@H]1CC[C@]2(O)C(=O)CO. The van der Waals surface area contributed by atoms with Gasteiger partial charge in [0.15, 0.2) is 12.4 Å². The van der Waals surface area contributed by atoms with Crippen LogP contribution in [-0.4, -0.2) is 74.8 Å². The number of rotatable bonds is 9. The van der Waals surface area contributed by atoms with Gasteiger partial charge in [0.25, 0.3) is 5.91 Å². The van der Waals surface area contributed by atoms with Gasteiger partial charge in [0, 0.05) is 11.8 Å². The number of aliphatic hydroxyl groups is 3. The van der Waals surface area contributed by atoms with Crippen LogP contribution in [0.15, 0.2) is 47.1 Å². The van der Waals surface area contributed by atoms with E-state index in [2.05, 4.69) is 17.4 Å². The summed E-state index contributed by atoms with van der Waals surface area (Å²) in [6.45, 7) is 2.99. The molecule has 228 valence electrons. The Morgan fingerprint density at radius 1 is 1.12 bits per heavy atom. The number of aliphatic carboxylic acids is 1. The molecule has 5 rings (SSSR count). The number of allylic oxidation sites excluding steroid dienone is 2. The second-order valence-corrected chi connectivity index (χ2v) is 13.1. The van der Waals surface area contributed by atoms with Gasteiger partial charge < -0.3 is 30.6 Å². The van der Waals surface area contributed by atoms with Gasteiger partial charge >= 0.3 is 5.97 Å². The standard InChI is InChI=1S/C32H42N2O8/c1-30-12-10-21(34-42-18-27(38)33-24(29(39)40)14-19-6-4-3-5-7-19)15-20(30)8-9-22-23-11-13-32(41,26(37)17-35)31(23,2)16-25(36)28(22)30/h3-7,15,22-25,28,35-36,41H,8-14,16-18H2,1-2H3,(H,33,38)(H,39,40)/t22-,23+,24+,25+,28+,30+,31+,32+/m1/s1. The van der Waals surface area contributed by atoms with Crippen LogP contribution in [0, 0.1) is 28.6 Å². The first-order valence-corrected chi connectivity index (χ1v) is 14.9. The number of hydrogen-bond acceptors (Lipinski definition) is 8. The van der Waals surface area contributed by atoms with E-state index in [1.807, 2.05) is 31.2 Å². The molecule has 10 nitrogen and oxygen atoms in total. The van der Waals surface area contributed by atoms with E-state index >= 15 is 0 Å². The van der Waals surface area contributed by atoms with Crippen LogP contribution in [0.2, 0.25) is 0 Å². The van der Waals surface area contributed by atoms with Crippen molar-refractivity contribution in [2.45, 2.75) is 83.0 Å². The molecular formula is C32H42N2O8. The van der Waals surface area contributed by atoms with Crippen molar-refractivity contribution in [2.24, 2.45) is 33.7 Å². The fourth-order valence-corrected chi connectivity index (χ4v) is 8.82. The summed E-state index contributed by atoms with van der Waals surface area (Å²) in [5.74, 6) is -2.04. The molecule has 1 aromatic rings. The zero-order valence-electron chi connectivity index (χ0n) is 24.3. The Labute approximate surface area is 245 Å². The van der Waals surface area contributed by atoms with Gasteiger partial charge in [0.1, 0.15) is 18.2 Å². The molecule has 4 aliphatic rings. The summed E-state index contributed by atoms with van der Waals surface area (Å²) in [4.78, 5) is 42.0. The average molecular weight is 583 g/mol. The fraction of sp³-hybridized carbons (Fsp3) is 0.625. The molecule has 0 heterocycles. The summed E-state index contributed by atoms with van der Waals surface area (Å²) >= 11 is 0. The molecule has 3 saturated carbocycles. The Kier molecular flexibility index (Phi) is 8.35. The molecule has 4 aliphatic carbocycles. The van der Waals surface area contributed by atoms with Crippen LogP contribution in [0.25, 0.3) is 0 Å². The van der Waals surface area contributed by atoms with E-state index in [9.17, 15) is 34.8 Å². The van der Waals surface area contributed by atoms with Crippen molar-refractivity contribution in [2.75, 3.05) is 13.2 Å². The van der Waals surface area contributed by atoms with E-state index in [1.165, 1.54) is 5.57 Å². The lowest BCUT2D eigenvalue weighted by atomic mass is 9.45. The van der Waals surface area contributed by atoms with Gasteiger partial charge in [-0.1, -0.05) is 54.9 Å². The number of hydrogen-bond donors (Lipinski definition) is 5. The second-order valence-electron chi connectivity index (χ2n) is 13.1. The number of carbonyl (C=O) groups is 3. The number of carboxylic acids is 1. The number of nitrogens with zero attached hydrogens (tertiary/aromatic N) is 1. The molecule has 1 aromatic carbocycles. The van der Waals surface area contributed by atoms with Crippen LogP contribution < -0.4 is 5.32 Å². The number of aliphatic hydroxyl groups excluding tert-OH is 2. The van der Waals surface area contributed by atoms with E-state index in [4.69, 9.17) is 4.84 Å². The first-order valence-electron chi connectivity index (χ1n) is 14.9. The number of Topliss-reactive ketones (excluding diaryl/α,β-unsaturated/α-hetero) is 1. The Bertz CT molecular complexity index is 1280. The molecule has 42 heavy (non-hydrogen) atoms. The van der Waals surface area contributed by atoms with E-state index in [0.29, 0.717) is 31.4 Å². The third kappa shape index (κ3) is 5.18. The van der Waals surface area contributed by atoms with Crippen molar-refractivity contribution in [3.63, 3.8) is 0 Å². The summed E-state index contributed by atoms with van der Waals surface area (Å²) in [5, 5.41) is 48.7. The predicted molar refractivity (Wildman–Crippen MR) is 153 cm³/mol. The molecule has 0 unspecified atom stereocenters. The number of benzene rings is 1. The third-order valence-corrected chi connectivity index (χ3v) is 11.0. The number of ketones is 1. The lowest BCUT2D eigenvalue weighted by Gasteiger charge is -2.60. The quantitative estimate of drug-likeness (QED) is 0.277. The van der Waals surface area contributed by atoms with Crippen molar-refractivity contribution >= 4 is 23.4 Å². The maximum atomic E-state index is 12.6. The second kappa shape index (κ2) is 11.5. The van der Waals surface area contributed by atoms with Crippen LogP contribution in [0.4, 0.5) is 0 Å². The maximum Gasteiger partial charge on any atom is 0.326 e. The van der Waals surface area contributed by atoms with Gasteiger partial charge in [-0.15, -0.1) is 0 Å². The lowest BCUT2D eigenvalue weighted by molar-refractivity contribution is -0.181. The van der Waals surface area contributed by atoms with Crippen molar-refractivity contribution < 1.29 is 39.6 Å². The Balaban J connectivity index is 1.23. The first-order chi connectivity index (χ1) is 19.9. The molecular weight excluding hydrogens is 540 g/mol. The van der Waals surface area contributed by atoms with Gasteiger partial charge in [-0.05, 0) is 79.8 Å². The first kappa shape index (κ1) is 30.4. The zero-order chi connectivity index (χ0) is 30.3.